The molecule has 1 aromatic heterocycles. The fourth-order valence-corrected chi connectivity index (χ4v) is 2.12. The number of fused-ring (bicyclic) bond motifs is 1. The Kier molecular flexibility index (Phi) is 4.06. The van der Waals surface area contributed by atoms with E-state index in [1.807, 2.05) is 37.1 Å². The van der Waals surface area contributed by atoms with Gasteiger partial charge in [0.15, 0.2) is 0 Å². The number of nitrogens with zero attached hydrogens (tertiary/aromatic N) is 2. The minimum absolute atomic E-state index is 0.0257. The van der Waals surface area contributed by atoms with Gasteiger partial charge in [-0.2, -0.15) is 5.26 Å². The van der Waals surface area contributed by atoms with E-state index in [4.69, 9.17) is 9.68 Å². The number of aromatic carboxylic acids is 1. The quantitative estimate of drug-likeness (QED) is 0.905. The van der Waals surface area contributed by atoms with Crippen molar-refractivity contribution in [2.45, 2.75) is 25.9 Å². The normalized spacial score (nSPS) is 12.5. The predicted molar refractivity (Wildman–Crippen MR) is 74.3 cm³/mol. The Labute approximate surface area is 117 Å². The van der Waals surface area contributed by atoms with E-state index in [2.05, 4.69) is 6.07 Å². The Morgan fingerprint density at radius 2 is 2.20 bits per heavy atom. The molecule has 1 N–H and O–H groups in total. The summed E-state index contributed by atoms with van der Waals surface area (Å²) in [5.74, 6) is -1.10. The molecule has 20 heavy (non-hydrogen) atoms. The molecule has 104 valence electrons. The Bertz CT molecular complexity index is 669. The second kappa shape index (κ2) is 5.76. The maximum absolute atomic E-state index is 11.3. The minimum atomic E-state index is -1.07. The first-order valence-electron chi connectivity index (χ1n) is 6.35. The zero-order chi connectivity index (χ0) is 14.7. The van der Waals surface area contributed by atoms with Gasteiger partial charge in [0.25, 0.3) is 0 Å². The van der Waals surface area contributed by atoms with Crippen LogP contribution in [0.4, 0.5) is 0 Å². The summed E-state index contributed by atoms with van der Waals surface area (Å²) < 4.78 is 5.41. The SMILES string of the molecule is CC(CC#N)N(C)Cc1c(C(=O)O)oc2ccccc12. The van der Waals surface area contributed by atoms with Gasteiger partial charge in [0.1, 0.15) is 5.58 Å². The molecule has 0 bridgehead atoms. The number of carboxylic acid groups (broad SMARTS) is 1. The number of hydrogen-bond donors (Lipinski definition) is 1. The standard InChI is InChI=1S/C15H16N2O3/c1-10(7-8-16)17(2)9-12-11-5-3-4-6-13(11)20-14(12)15(18)19/h3-6,10H,7,9H2,1-2H3,(H,18,19). The molecule has 1 atom stereocenters. The van der Waals surface area contributed by atoms with Crippen LogP contribution >= 0.6 is 0 Å². The summed E-state index contributed by atoms with van der Waals surface area (Å²) in [6.45, 7) is 2.37. The van der Waals surface area contributed by atoms with E-state index >= 15 is 0 Å². The fourth-order valence-electron chi connectivity index (χ4n) is 2.12. The second-order valence-electron chi connectivity index (χ2n) is 4.84. The first kappa shape index (κ1) is 14.1. The van der Waals surface area contributed by atoms with E-state index < -0.39 is 5.97 Å². The van der Waals surface area contributed by atoms with Crippen molar-refractivity contribution in [1.29, 1.82) is 5.26 Å². The van der Waals surface area contributed by atoms with Crippen molar-refractivity contribution in [3.05, 3.63) is 35.6 Å². The number of furan rings is 1. The summed E-state index contributed by atoms with van der Waals surface area (Å²) in [7, 11) is 1.87. The number of para-hydroxylation sites is 1. The van der Waals surface area contributed by atoms with Gasteiger partial charge in [-0.05, 0) is 20.0 Å². The average Bonchev–Trinajstić information content (AvgIpc) is 2.78. The number of carbonyl (C=O) groups is 1. The first-order valence-corrected chi connectivity index (χ1v) is 6.35. The largest absolute Gasteiger partial charge is 0.475 e. The topological polar surface area (TPSA) is 77.5 Å². The number of nitriles is 1. The van der Waals surface area contributed by atoms with Gasteiger partial charge >= 0.3 is 5.97 Å². The third kappa shape index (κ3) is 2.65. The van der Waals surface area contributed by atoms with Gasteiger partial charge in [0.05, 0.1) is 12.5 Å². The lowest BCUT2D eigenvalue weighted by molar-refractivity contribution is 0.0661. The molecule has 0 radical (unpaired) electrons. The molecule has 0 saturated heterocycles. The lowest BCUT2D eigenvalue weighted by atomic mass is 10.1. The fraction of sp³-hybridized carbons (Fsp3) is 0.333. The number of benzene rings is 1. The smallest absolute Gasteiger partial charge is 0.372 e. The molecule has 2 rings (SSSR count). The van der Waals surface area contributed by atoms with Crippen molar-refractivity contribution in [3.8, 4) is 6.07 Å². The van der Waals surface area contributed by atoms with Crippen LogP contribution in [-0.4, -0.2) is 29.1 Å². The van der Waals surface area contributed by atoms with Gasteiger partial charge in [-0.15, -0.1) is 0 Å². The Balaban J connectivity index is 2.39. The van der Waals surface area contributed by atoms with E-state index in [-0.39, 0.29) is 11.8 Å². The molecule has 1 unspecified atom stereocenters. The molecule has 0 saturated carbocycles. The first-order chi connectivity index (χ1) is 9.54. The molecule has 0 aliphatic rings. The zero-order valence-electron chi connectivity index (χ0n) is 11.5. The van der Waals surface area contributed by atoms with E-state index in [1.54, 1.807) is 6.07 Å². The third-order valence-corrected chi connectivity index (χ3v) is 3.44. The highest BCUT2D eigenvalue weighted by Crippen LogP contribution is 2.27. The van der Waals surface area contributed by atoms with Crippen molar-refractivity contribution in [2.24, 2.45) is 0 Å². The summed E-state index contributed by atoms with van der Waals surface area (Å²) in [4.78, 5) is 13.3. The molecule has 5 nitrogen and oxygen atoms in total. The van der Waals surface area contributed by atoms with Gasteiger partial charge in [-0.3, -0.25) is 4.90 Å². The molecule has 1 aromatic carbocycles. The summed E-state index contributed by atoms with van der Waals surface area (Å²) in [5, 5.41) is 18.8. The molecular weight excluding hydrogens is 256 g/mol. The molecule has 5 heteroatoms. The van der Waals surface area contributed by atoms with Crippen LogP contribution in [0.5, 0.6) is 0 Å². The molecule has 0 aliphatic heterocycles. The average molecular weight is 272 g/mol. The highest BCUT2D eigenvalue weighted by molar-refractivity contribution is 5.95. The maximum atomic E-state index is 11.3. The van der Waals surface area contributed by atoms with Crippen LogP contribution in [0.25, 0.3) is 11.0 Å². The van der Waals surface area contributed by atoms with Crippen molar-refractivity contribution in [1.82, 2.24) is 4.90 Å². The van der Waals surface area contributed by atoms with E-state index in [9.17, 15) is 9.90 Å². The third-order valence-electron chi connectivity index (χ3n) is 3.44. The van der Waals surface area contributed by atoms with E-state index in [0.29, 0.717) is 24.1 Å². The molecule has 2 aromatic rings. The van der Waals surface area contributed by atoms with Crippen LogP contribution < -0.4 is 0 Å². The number of hydrogen-bond acceptors (Lipinski definition) is 4. The Morgan fingerprint density at radius 3 is 2.85 bits per heavy atom. The van der Waals surface area contributed by atoms with Gasteiger partial charge in [0.2, 0.25) is 5.76 Å². The van der Waals surface area contributed by atoms with Gasteiger partial charge in [0, 0.05) is 23.5 Å². The summed E-state index contributed by atoms with van der Waals surface area (Å²) in [6.07, 6.45) is 0.398. The molecular formula is C15H16N2O3. The van der Waals surface area contributed by atoms with Crippen molar-refractivity contribution < 1.29 is 14.3 Å². The van der Waals surface area contributed by atoms with E-state index in [0.717, 1.165) is 5.39 Å². The summed E-state index contributed by atoms with van der Waals surface area (Å²) in [6, 6.07) is 9.44. The van der Waals surface area contributed by atoms with Crippen LogP contribution in [0, 0.1) is 11.3 Å². The molecule has 0 amide bonds. The highest BCUT2D eigenvalue weighted by Gasteiger charge is 2.22. The molecule has 0 spiro atoms. The van der Waals surface area contributed by atoms with Crippen molar-refractivity contribution in [2.75, 3.05) is 7.05 Å². The van der Waals surface area contributed by atoms with Crippen LogP contribution in [0.3, 0.4) is 0 Å². The second-order valence-corrected chi connectivity index (χ2v) is 4.84. The summed E-state index contributed by atoms with van der Waals surface area (Å²) >= 11 is 0. The lowest BCUT2D eigenvalue weighted by Crippen LogP contribution is -2.28. The van der Waals surface area contributed by atoms with Crippen LogP contribution in [0.15, 0.2) is 28.7 Å². The predicted octanol–water partition coefficient (Wildman–Crippen LogP) is 2.86. The van der Waals surface area contributed by atoms with Crippen molar-refractivity contribution >= 4 is 16.9 Å². The van der Waals surface area contributed by atoms with Crippen molar-refractivity contribution in [3.63, 3.8) is 0 Å². The number of carboxylic acids is 1. The lowest BCUT2D eigenvalue weighted by Gasteiger charge is -2.22. The zero-order valence-corrected chi connectivity index (χ0v) is 11.5. The van der Waals surface area contributed by atoms with Gasteiger partial charge in [-0.1, -0.05) is 18.2 Å². The van der Waals surface area contributed by atoms with Crippen LogP contribution in [0.2, 0.25) is 0 Å². The molecule has 0 aliphatic carbocycles. The van der Waals surface area contributed by atoms with Crippen LogP contribution in [-0.2, 0) is 6.54 Å². The minimum Gasteiger partial charge on any atom is -0.475 e. The van der Waals surface area contributed by atoms with Gasteiger partial charge in [-0.25, -0.2) is 4.79 Å². The maximum Gasteiger partial charge on any atom is 0.372 e. The summed E-state index contributed by atoms with van der Waals surface area (Å²) in [5.41, 5.74) is 1.22. The monoisotopic (exact) mass is 272 g/mol. The van der Waals surface area contributed by atoms with Crippen LogP contribution in [0.1, 0.15) is 29.5 Å². The van der Waals surface area contributed by atoms with Gasteiger partial charge < -0.3 is 9.52 Å². The highest BCUT2D eigenvalue weighted by atomic mass is 16.4. The Morgan fingerprint density at radius 1 is 1.50 bits per heavy atom. The van der Waals surface area contributed by atoms with E-state index in [1.165, 1.54) is 0 Å². The molecule has 0 fully saturated rings. The number of rotatable bonds is 5. The Hall–Kier alpha value is -2.32. The molecule has 1 heterocycles.